The fraction of sp³-hybridized carbons (Fsp3) is 0.467. The number of carbonyl (C=O) groups is 1. The van der Waals surface area contributed by atoms with Crippen LogP contribution in [0.3, 0.4) is 0 Å². The molecule has 0 aliphatic heterocycles. The van der Waals surface area contributed by atoms with Crippen LogP contribution in [-0.4, -0.2) is 25.1 Å². The van der Waals surface area contributed by atoms with Gasteiger partial charge in [-0.1, -0.05) is 18.5 Å². The van der Waals surface area contributed by atoms with Gasteiger partial charge in [0.25, 0.3) is 5.91 Å². The van der Waals surface area contributed by atoms with Gasteiger partial charge in [-0.3, -0.25) is 4.79 Å². The van der Waals surface area contributed by atoms with Crippen molar-refractivity contribution in [1.82, 2.24) is 5.32 Å². The van der Waals surface area contributed by atoms with Gasteiger partial charge in [0, 0.05) is 17.6 Å². The van der Waals surface area contributed by atoms with Crippen LogP contribution in [0.2, 0.25) is 5.02 Å². The molecule has 0 aliphatic carbocycles. The van der Waals surface area contributed by atoms with Crippen molar-refractivity contribution in [2.45, 2.75) is 32.2 Å². The van der Waals surface area contributed by atoms with Crippen LogP contribution in [0, 0.1) is 11.3 Å². The highest BCUT2D eigenvalue weighted by Gasteiger charge is 2.10. The first kappa shape index (κ1) is 17.3. The van der Waals surface area contributed by atoms with Gasteiger partial charge in [-0.2, -0.15) is 5.26 Å². The number of rotatable bonds is 8. The molecular formula is C15H20ClN3O2. The quantitative estimate of drug-likeness (QED) is 0.719. The summed E-state index contributed by atoms with van der Waals surface area (Å²) in [5.74, 6) is 0.352. The van der Waals surface area contributed by atoms with E-state index in [9.17, 15) is 4.79 Å². The van der Waals surface area contributed by atoms with E-state index in [1.165, 1.54) is 0 Å². The van der Waals surface area contributed by atoms with Gasteiger partial charge in [0.15, 0.2) is 6.61 Å². The van der Waals surface area contributed by atoms with Gasteiger partial charge in [0.05, 0.1) is 12.5 Å². The van der Waals surface area contributed by atoms with Crippen molar-refractivity contribution in [1.29, 1.82) is 5.26 Å². The van der Waals surface area contributed by atoms with Crippen molar-refractivity contribution in [3.05, 3.63) is 28.8 Å². The molecule has 0 saturated carbocycles. The standard InChI is InChI=1S/C15H20ClN3O2/c1-2-13(18)9-11-8-12(16)4-5-14(11)21-10-15(20)19-7-3-6-17/h4-5,8,13H,2-3,7,9-10,18H2,1H3,(H,19,20). The lowest BCUT2D eigenvalue weighted by Gasteiger charge is -2.14. The summed E-state index contributed by atoms with van der Waals surface area (Å²) in [4.78, 5) is 11.6. The topological polar surface area (TPSA) is 88.1 Å². The molecule has 1 atom stereocenters. The zero-order valence-electron chi connectivity index (χ0n) is 12.1. The van der Waals surface area contributed by atoms with Crippen LogP contribution in [0.25, 0.3) is 0 Å². The van der Waals surface area contributed by atoms with E-state index in [0.717, 1.165) is 12.0 Å². The molecule has 1 unspecified atom stereocenters. The predicted molar refractivity (Wildman–Crippen MR) is 82.2 cm³/mol. The van der Waals surface area contributed by atoms with Crippen molar-refractivity contribution >= 4 is 17.5 Å². The lowest BCUT2D eigenvalue weighted by Crippen LogP contribution is -2.29. The van der Waals surface area contributed by atoms with E-state index < -0.39 is 0 Å². The summed E-state index contributed by atoms with van der Waals surface area (Å²) in [6.45, 7) is 2.24. The predicted octanol–water partition coefficient (Wildman–Crippen LogP) is 2.03. The summed E-state index contributed by atoms with van der Waals surface area (Å²) in [6, 6.07) is 7.24. The first-order chi connectivity index (χ1) is 10.1. The van der Waals surface area contributed by atoms with Gasteiger partial charge in [-0.25, -0.2) is 0 Å². The Morgan fingerprint density at radius 1 is 1.57 bits per heavy atom. The number of nitriles is 1. The molecule has 1 amide bonds. The third-order valence-electron chi connectivity index (χ3n) is 2.95. The molecular weight excluding hydrogens is 290 g/mol. The summed E-state index contributed by atoms with van der Waals surface area (Å²) in [6.07, 6.45) is 1.77. The normalized spacial score (nSPS) is 11.5. The Balaban J connectivity index is 2.61. The summed E-state index contributed by atoms with van der Waals surface area (Å²) >= 11 is 5.98. The SMILES string of the molecule is CCC(N)Cc1cc(Cl)ccc1OCC(=O)NCCC#N. The number of amides is 1. The third kappa shape index (κ3) is 6.48. The highest BCUT2D eigenvalue weighted by molar-refractivity contribution is 6.30. The van der Waals surface area contributed by atoms with Crippen LogP contribution in [0.5, 0.6) is 5.75 Å². The molecule has 5 nitrogen and oxygen atoms in total. The van der Waals surface area contributed by atoms with E-state index in [0.29, 0.717) is 23.7 Å². The van der Waals surface area contributed by atoms with E-state index in [1.54, 1.807) is 18.2 Å². The summed E-state index contributed by atoms with van der Waals surface area (Å²) < 4.78 is 5.52. The Bertz CT molecular complexity index is 514. The van der Waals surface area contributed by atoms with Crippen LogP contribution < -0.4 is 15.8 Å². The second-order valence-electron chi connectivity index (χ2n) is 4.67. The minimum atomic E-state index is -0.258. The zero-order chi connectivity index (χ0) is 15.7. The molecule has 0 aromatic heterocycles. The second kappa shape index (κ2) is 9.22. The number of nitrogens with zero attached hydrogens (tertiary/aromatic N) is 1. The van der Waals surface area contributed by atoms with Crippen LogP contribution >= 0.6 is 11.6 Å². The first-order valence-electron chi connectivity index (χ1n) is 6.87. The van der Waals surface area contributed by atoms with Gasteiger partial charge in [-0.05, 0) is 36.6 Å². The Hall–Kier alpha value is -1.77. The van der Waals surface area contributed by atoms with E-state index in [-0.39, 0.29) is 25.0 Å². The Labute approximate surface area is 130 Å². The molecule has 1 rings (SSSR count). The molecule has 3 N–H and O–H groups in total. The fourth-order valence-corrected chi connectivity index (χ4v) is 1.92. The molecule has 0 fully saturated rings. The van der Waals surface area contributed by atoms with E-state index in [1.807, 2.05) is 13.0 Å². The van der Waals surface area contributed by atoms with Gasteiger partial charge in [0.1, 0.15) is 5.75 Å². The van der Waals surface area contributed by atoms with Crippen molar-refractivity contribution < 1.29 is 9.53 Å². The number of benzene rings is 1. The number of carbonyl (C=O) groups excluding carboxylic acids is 1. The van der Waals surface area contributed by atoms with Crippen molar-refractivity contribution in [2.24, 2.45) is 5.73 Å². The number of hydrogen-bond donors (Lipinski definition) is 2. The number of hydrogen-bond acceptors (Lipinski definition) is 4. The van der Waals surface area contributed by atoms with Crippen LogP contribution in [-0.2, 0) is 11.2 Å². The monoisotopic (exact) mass is 309 g/mol. The summed E-state index contributed by atoms with van der Waals surface area (Å²) in [5.41, 5.74) is 6.84. The molecule has 114 valence electrons. The molecule has 0 aliphatic rings. The van der Waals surface area contributed by atoms with Crippen molar-refractivity contribution in [2.75, 3.05) is 13.2 Å². The number of halogens is 1. The Morgan fingerprint density at radius 2 is 2.33 bits per heavy atom. The number of nitrogens with two attached hydrogens (primary N) is 1. The van der Waals surface area contributed by atoms with Crippen LogP contribution in [0.15, 0.2) is 18.2 Å². The van der Waals surface area contributed by atoms with Gasteiger partial charge in [0.2, 0.25) is 0 Å². The van der Waals surface area contributed by atoms with Crippen LogP contribution in [0.1, 0.15) is 25.3 Å². The van der Waals surface area contributed by atoms with E-state index in [2.05, 4.69) is 5.32 Å². The Morgan fingerprint density at radius 3 is 3.00 bits per heavy atom. The highest BCUT2D eigenvalue weighted by Crippen LogP contribution is 2.24. The zero-order valence-corrected chi connectivity index (χ0v) is 12.8. The summed E-state index contributed by atoms with van der Waals surface area (Å²) in [5, 5.41) is 11.6. The number of ether oxygens (including phenoxy) is 1. The molecule has 21 heavy (non-hydrogen) atoms. The fourth-order valence-electron chi connectivity index (χ4n) is 1.73. The average molecular weight is 310 g/mol. The number of nitrogens with one attached hydrogen (secondary N) is 1. The minimum absolute atomic E-state index is 0.0234. The molecule has 0 saturated heterocycles. The first-order valence-corrected chi connectivity index (χ1v) is 7.25. The molecule has 1 aromatic rings. The largest absolute Gasteiger partial charge is 0.483 e. The Kier molecular flexibility index (Phi) is 7.59. The second-order valence-corrected chi connectivity index (χ2v) is 5.11. The highest BCUT2D eigenvalue weighted by atomic mass is 35.5. The summed E-state index contributed by atoms with van der Waals surface area (Å²) in [7, 11) is 0. The third-order valence-corrected chi connectivity index (χ3v) is 3.18. The molecule has 6 heteroatoms. The van der Waals surface area contributed by atoms with Crippen molar-refractivity contribution in [3.63, 3.8) is 0 Å². The molecule has 0 heterocycles. The smallest absolute Gasteiger partial charge is 0.257 e. The molecule has 0 bridgehead atoms. The minimum Gasteiger partial charge on any atom is -0.483 e. The molecule has 0 spiro atoms. The van der Waals surface area contributed by atoms with Gasteiger partial charge < -0.3 is 15.8 Å². The van der Waals surface area contributed by atoms with Crippen LogP contribution in [0.4, 0.5) is 0 Å². The van der Waals surface area contributed by atoms with Gasteiger partial charge in [-0.15, -0.1) is 0 Å². The van der Waals surface area contributed by atoms with Gasteiger partial charge >= 0.3 is 0 Å². The maximum Gasteiger partial charge on any atom is 0.257 e. The van der Waals surface area contributed by atoms with E-state index >= 15 is 0 Å². The molecule has 0 radical (unpaired) electrons. The lowest BCUT2D eigenvalue weighted by molar-refractivity contribution is -0.123. The maximum atomic E-state index is 11.6. The van der Waals surface area contributed by atoms with E-state index in [4.69, 9.17) is 27.3 Å². The average Bonchev–Trinajstić information content (AvgIpc) is 2.46. The lowest BCUT2D eigenvalue weighted by atomic mass is 10.0. The maximum absolute atomic E-state index is 11.6. The molecule has 1 aromatic carbocycles. The van der Waals surface area contributed by atoms with Crippen molar-refractivity contribution in [3.8, 4) is 11.8 Å².